The molecule has 0 bridgehead atoms. The van der Waals surface area contributed by atoms with Crippen LogP contribution in [0, 0.1) is 0 Å². The Kier molecular flexibility index (Phi) is 20.0. The number of hydrogen-bond acceptors (Lipinski definition) is 13. The maximum absolute atomic E-state index is 13.9. The number of aromatic nitrogens is 1. The first-order valence-corrected chi connectivity index (χ1v) is 23.0. The van der Waals surface area contributed by atoms with Gasteiger partial charge in [-0.15, -0.1) is 0 Å². The second-order valence-electron chi connectivity index (χ2n) is 13.8. The fourth-order valence-corrected chi connectivity index (χ4v) is 7.28. The van der Waals surface area contributed by atoms with Crippen molar-refractivity contribution in [2.75, 3.05) is 30.6 Å². The third-order valence-electron chi connectivity index (χ3n) is 8.96. The number of carboxylic acid groups (broad SMARTS) is 1. The van der Waals surface area contributed by atoms with Crippen LogP contribution < -0.4 is 41.8 Å². The molecule has 11 N–H and O–H groups in total. The number of para-hydroxylation sites is 1. The summed E-state index contributed by atoms with van der Waals surface area (Å²) in [6.07, 6.45) is 4.39. The normalized spacial score (nSPS) is 13.6. The van der Waals surface area contributed by atoms with Gasteiger partial charge < -0.3 is 51.9 Å². The average Bonchev–Trinajstić information content (AvgIpc) is 3.61. The van der Waals surface area contributed by atoms with Gasteiger partial charge in [0.2, 0.25) is 41.4 Å². The molecule has 62 heavy (non-hydrogen) atoms. The standard InChI is InChI=1S/C38H50N8O13S3/c1-21(47)42-31(18-33(49)50)38(55)46-29(16-22-8-10-24(11-9-22)59-62(56,57)58)36(53)45-28(13-15-61-3)35(52)41-20-32(48)43-30(37(54)44-27(34(39)51)12-14-60-2)17-23-19-40-26-7-5-4-6-25(23)26/h4-11,19,27-31,40H,12-18,20H2,1-3H3,(H2,39,51)(H,41,52)(H,42,47)(H,43,48)(H,44,54)(H,45,53)(H,46,55)(H,49,50)(H,56,57,58)/t27-,28-,29-,30-,31+/m0/s1. The molecule has 0 aliphatic carbocycles. The molecule has 5 atom stereocenters. The number of carbonyl (C=O) groups excluding carboxylic acids is 7. The highest BCUT2D eigenvalue weighted by atomic mass is 32.3. The van der Waals surface area contributed by atoms with E-state index in [2.05, 4.69) is 41.1 Å². The van der Waals surface area contributed by atoms with Crippen molar-refractivity contribution in [3.63, 3.8) is 0 Å². The Morgan fingerprint density at radius 3 is 1.89 bits per heavy atom. The molecule has 3 rings (SSSR count). The minimum absolute atomic E-state index is 0.00536. The summed E-state index contributed by atoms with van der Waals surface area (Å²) in [6.45, 7) is 0.406. The number of amides is 7. The van der Waals surface area contributed by atoms with Gasteiger partial charge in [0.15, 0.2) is 0 Å². The SMILES string of the molecule is CSCC[C@H](NC(=O)[C@H](Cc1c[nH]c2ccccc12)NC(=O)CNC(=O)[C@H](CCSC)NC(=O)[C@H](Cc1ccc(OS(=O)(=O)O)cc1)NC(=O)[C@@H](CC(=O)O)NC(C)=O)C(N)=O. The van der Waals surface area contributed by atoms with E-state index in [9.17, 15) is 51.9 Å². The van der Waals surface area contributed by atoms with E-state index in [0.29, 0.717) is 22.6 Å². The van der Waals surface area contributed by atoms with Gasteiger partial charge >= 0.3 is 16.4 Å². The van der Waals surface area contributed by atoms with Crippen molar-refractivity contribution < 1.29 is 60.6 Å². The molecule has 0 fully saturated rings. The highest BCUT2D eigenvalue weighted by Crippen LogP contribution is 2.20. The highest BCUT2D eigenvalue weighted by molar-refractivity contribution is 7.98. The fourth-order valence-electron chi connectivity index (χ4n) is 5.99. The maximum Gasteiger partial charge on any atom is 0.446 e. The summed E-state index contributed by atoms with van der Waals surface area (Å²) in [5, 5.41) is 25.0. The Morgan fingerprint density at radius 2 is 1.31 bits per heavy atom. The lowest BCUT2D eigenvalue weighted by atomic mass is 10.0. The van der Waals surface area contributed by atoms with Crippen LogP contribution in [0.5, 0.6) is 5.75 Å². The Bertz CT molecular complexity index is 2170. The first kappa shape index (κ1) is 50.5. The largest absolute Gasteiger partial charge is 0.481 e. The van der Waals surface area contributed by atoms with Crippen LogP contribution in [0.3, 0.4) is 0 Å². The van der Waals surface area contributed by atoms with E-state index in [1.807, 2.05) is 24.5 Å². The quantitative estimate of drug-likeness (QED) is 0.0439. The number of nitrogens with one attached hydrogen (secondary N) is 7. The number of rotatable bonds is 26. The first-order valence-electron chi connectivity index (χ1n) is 18.8. The molecule has 0 saturated carbocycles. The van der Waals surface area contributed by atoms with Crippen molar-refractivity contribution >= 4 is 92.1 Å². The number of nitrogens with two attached hydrogens (primary N) is 1. The van der Waals surface area contributed by atoms with Crippen molar-refractivity contribution in [2.45, 2.75) is 69.2 Å². The smallest absolute Gasteiger partial charge is 0.446 e. The van der Waals surface area contributed by atoms with Crippen molar-refractivity contribution in [2.24, 2.45) is 5.73 Å². The van der Waals surface area contributed by atoms with Crippen LogP contribution in [0.1, 0.15) is 37.3 Å². The number of benzene rings is 2. The van der Waals surface area contributed by atoms with Gasteiger partial charge in [-0.2, -0.15) is 31.9 Å². The molecule has 0 spiro atoms. The third kappa shape index (κ3) is 17.3. The van der Waals surface area contributed by atoms with Crippen LogP contribution >= 0.6 is 23.5 Å². The van der Waals surface area contributed by atoms with Gasteiger partial charge in [0.25, 0.3) is 0 Å². The van der Waals surface area contributed by atoms with Crippen LogP contribution in [0.25, 0.3) is 10.9 Å². The number of thioether (sulfide) groups is 2. The van der Waals surface area contributed by atoms with Gasteiger partial charge in [0, 0.05) is 36.9 Å². The van der Waals surface area contributed by atoms with Crippen LogP contribution in [0.15, 0.2) is 54.7 Å². The van der Waals surface area contributed by atoms with Crippen LogP contribution in [-0.2, 0) is 61.6 Å². The number of aliphatic carboxylic acids is 1. The zero-order valence-corrected chi connectivity index (χ0v) is 36.4. The zero-order chi connectivity index (χ0) is 46.0. The van der Waals surface area contributed by atoms with Gasteiger partial charge in [-0.3, -0.25) is 42.9 Å². The lowest BCUT2D eigenvalue weighted by Gasteiger charge is -2.25. The number of H-pyrrole nitrogens is 1. The number of aromatic amines is 1. The molecule has 0 aliphatic rings. The minimum Gasteiger partial charge on any atom is -0.481 e. The summed E-state index contributed by atoms with van der Waals surface area (Å²) in [5.41, 5.74) is 7.32. The zero-order valence-electron chi connectivity index (χ0n) is 33.9. The first-order chi connectivity index (χ1) is 29.3. The molecular formula is C38H50N8O13S3. The van der Waals surface area contributed by atoms with E-state index >= 15 is 0 Å². The van der Waals surface area contributed by atoms with Gasteiger partial charge in [0.05, 0.1) is 13.0 Å². The Balaban J connectivity index is 1.82. The maximum atomic E-state index is 13.9. The lowest BCUT2D eigenvalue weighted by molar-refractivity contribution is -0.141. The van der Waals surface area contributed by atoms with E-state index in [1.54, 1.807) is 18.5 Å². The molecule has 1 heterocycles. The molecule has 0 unspecified atom stereocenters. The molecule has 21 nitrogen and oxygen atoms in total. The molecular weight excluding hydrogens is 873 g/mol. The summed E-state index contributed by atoms with van der Waals surface area (Å²) in [4.78, 5) is 106. The summed E-state index contributed by atoms with van der Waals surface area (Å²) in [5.74, 6) is -6.62. The monoisotopic (exact) mass is 922 g/mol. The number of primary amides is 1. The Labute approximate surface area is 365 Å². The second-order valence-corrected chi connectivity index (χ2v) is 16.8. The van der Waals surface area contributed by atoms with Crippen LogP contribution in [-0.4, -0.2) is 131 Å². The predicted octanol–water partition coefficient (Wildman–Crippen LogP) is -0.839. The summed E-state index contributed by atoms with van der Waals surface area (Å²) < 4.78 is 35.7. The van der Waals surface area contributed by atoms with E-state index in [0.717, 1.165) is 30.0 Å². The highest BCUT2D eigenvalue weighted by Gasteiger charge is 2.32. The molecule has 338 valence electrons. The molecule has 24 heteroatoms. The van der Waals surface area contributed by atoms with E-state index in [-0.39, 0.29) is 31.4 Å². The molecule has 2 aromatic carbocycles. The van der Waals surface area contributed by atoms with Crippen molar-refractivity contribution in [3.05, 3.63) is 65.9 Å². The molecule has 1 aromatic heterocycles. The number of carboxylic acids is 1. The van der Waals surface area contributed by atoms with Gasteiger partial charge in [-0.25, -0.2) is 0 Å². The second kappa shape index (κ2) is 24.6. The predicted molar refractivity (Wildman–Crippen MR) is 230 cm³/mol. The summed E-state index contributed by atoms with van der Waals surface area (Å²) >= 11 is 2.79. The number of fused-ring (bicyclic) bond motifs is 1. The lowest BCUT2D eigenvalue weighted by Crippen LogP contribution is -2.58. The number of hydrogen-bond donors (Lipinski definition) is 10. The minimum atomic E-state index is -4.85. The topological polar surface area (TPSA) is 334 Å². The summed E-state index contributed by atoms with van der Waals surface area (Å²) in [7, 11) is -4.85. The van der Waals surface area contributed by atoms with E-state index < -0.39 is 101 Å². The molecule has 0 saturated heterocycles. The van der Waals surface area contributed by atoms with Crippen molar-refractivity contribution in [1.29, 1.82) is 0 Å². The number of carbonyl (C=O) groups is 8. The van der Waals surface area contributed by atoms with E-state index in [4.69, 9.17) is 10.3 Å². The Morgan fingerprint density at radius 1 is 0.742 bits per heavy atom. The summed E-state index contributed by atoms with van der Waals surface area (Å²) in [6, 6.07) is 5.59. The van der Waals surface area contributed by atoms with Gasteiger partial charge in [-0.1, -0.05) is 30.3 Å². The van der Waals surface area contributed by atoms with Gasteiger partial charge in [-0.05, 0) is 66.2 Å². The third-order valence-corrected chi connectivity index (χ3v) is 10.6. The molecule has 0 radical (unpaired) electrons. The molecule has 3 aromatic rings. The van der Waals surface area contributed by atoms with Crippen molar-refractivity contribution in [1.82, 2.24) is 36.9 Å². The van der Waals surface area contributed by atoms with E-state index in [1.165, 1.54) is 35.7 Å². The molecule has 7 amide bonds. The van der Waals surface area contributed by atoms with Crippen LogP contribution in [0.2, 0.25) is 0 Å². The van der Waals surface area contributed by atoms with Crippen molar-refractivity contribution in [3.8, 4) is 5.75 Å². The average molecular weight is 923 g/mol. The van der Waals surface area contributed by atoms with Crippen LogP contribution in [0.4, 0.5) is 0 Å². The van der Waals surface area contributed by atoms with Gasteiger partial charge in [0.1, 0.15) is 36.0 Å². The fraction of sp³-hybridized carbons (Fsp3) is 0.421. The Hall–Kier alpha value is -5.85. The molecule has 0 aliphatic heterocycles.